The Hall–Kier alpha value is -3.64. The first-order chi connectivity index (χ1) is 19.0. The first kappa shape index (κ1) is 29.3. The molecule has 1 saturated heterocycles. The minimum Gasteiger partial charge on any atom is -0.489 e. The van der Waals surface area contributed by atoms with Crippen LogP contribution in [0.1, 0.15) is 34.8 Å². The highest BCUT2D eigenvalue weighted by atomic mass is 32.2. The molecule has 0 aliphatic carbocycles. The van der Waals surface area contributed by atoms with Gasteiger partial charge in [0.25, 0.3) is 5.91 Å². The van der Waals surface area contributed by atoms with Crippen LogP contribution in [0, 0.1) is 0 Å². The van der Waals surface area contributed by atoms with Gasteiger partial charge in [-0.2, -0.15) is 13.2 Å². The molecule has 1 aliphatic heterocycles. The molecule has 0 radical (unpaired) electrons. The fourth-order valence-corrected chi connectivity index (χ4v) is 5.35. The van der Waals surface area contributed by atoms with E-state index in [-0.39, 0.29) is 35.2 Å². The van der Waals surface area contributed by atoms with Gasteiger partial charge in [0.15, 0.2) is 9.84 Å². The second kappa shape index (κ2) is 12.3. The van der Waals surface area contributed by atoms with Crippen molar-refractivity contribution < 1.29 is 35.9 Å². The van der Waals surface area contributed by atoms with Crippen molar-refractivity contribution in [1.82, 2.24) is 10.3 Å². The zero-order chi connectivity index (χ0) is 28.9. The Morgan fingerprint density at radius 3 is 2.35 bits per heavy atom. The zero-order valence-corrected chi connectivity index (χ0v) is 22.8. The monoisotopic (exact) mass is 577 g/mol. The molecule has 2 atom stereocenters. The lowest BCUT2D eigenvalue weighted by Crippen LogP contribution is -2.34. The number of nitrogens with one attached hydrogen (secondary N) is 1. The Morgan fingerprint density at radius 1 is 1.07 bits per heavy atom. The molecule has 2 aromatic carbocycles. The number of rotatable bonds is 10. The van der Waals surface area contributed by atoms with E-state index in [0.29, 0.717) is 36.7 Å². The lowest BCUT2D eigenvalue weighted by atomic mass is 10.2. The highest BCUT2D eigenvalue weighted by Crippen LogP contribution is 2.32. The van der Waals surface area contributed by atoms with E-state index in [1.807, 2.05) is 4.90 Å². The third-order valence-corrected chi connectivity index (χ3v) is 8.39. The van der Waals surface area contributed by atoms with E-state index in [1.165, 1.54) is 30.5 Å². The van der Waals surface area contributed by atoms with Crippen LogP contribution < -0.4 is 15.0 Å². The molecule has 12 heteroatoms. The summed E-state index contributed by atoms with van der Waals surface area (Å²) in [6.45, 7) is 2.64. The maximum absolute atomic E-state index is 12.8. The summed E-state index contributed by atoms with van der Waals surface area (Å²) in [5, 5.41) is 2.80. The lowest BCUT2D eigenvalue weighted by Gasteiger charge is -2.24. The van der Waals surface area contributed by atoms with Crippen molar-refractivity contribution >= 4 is 21.6 Å². The van der Waals surface area contributed by atoms with Crippen LogP contribution >= 0.6 is 0 Å². The first-order valence-corrected chi connectivity index (χ1v) is 14.3. The number of carbonyl (C=O) groups excluding carboxylic acids is 1. The molecule has 0 spiro atoms. The van der Waals surface area contributed by atoms with Crippen molar-refractivity contribution in [2.24, 2.45) is 0 Å². The topological polar surface area (TPSA) is 97.8 Å². The van der Waals surface area contributed by atoms with Crippen molar-refractivity contribution in [2.45, 2.75) is 43.1 Å². The van der Waals surface area contributed by atoms with E-state index >= 15 is 0 Å². The highest BCUT2D eigenvalue weighted by molar-refractivity contribution is 7.91. The predicted octanol–water partition coefficient (Wildman–Crippen LogP) is 4.50. The number of ether oxygens (including phenoxy) is 2. The number of amides is 1. The second-order valence-corrected chi connectivity index (χ2v) is 11.7. The largest absolute Gasteiger partial charge is 0.489 e. The van der Waals surface area contributed by atoms with E-state index in [2.05, 4.69) is 10.3 Å². The summed E-state index contributed by atoms with van der Waals surface area (Å²) in [4.78, 5) is 19.4. The van der Waals surface area contributed by atoms with Crippen molar-refractivity contribution in [3.8, 4) is 5.75 Å². The molecule has 1 amide bonds. The normalized spacial score (nSPS) is 17.6. The fourth-order valence-electron chi connectivity index (χ4n) is 4.46. The summed E-state index contributed by atoms with van der Waals surface area (Å²) in [5.41, 5.74) is 0.374. The average Bonchev–Trinajstić information content (AvgIpc) is 3.34. The first-order valence-electron chi connectivity index (χ1n) is 12.7. The number of pyridine rings is 1. The molecule has 1 aromatic heterocycles. The molecule has 214 valence electrons. The van der Waals surface area contributed by atoms with Gasteiger partial charge in [-0.1, -0.05) is 19.1 Å². The van der Waals surface area contributed by atoms with Gasteiger partial charge in [0.2, 0.25) is 0 Å². The summed E-state index contributed by atoms with van der Waals surface area (Å²) in [7, 11) is -1.70. The number of anilines is 1. The van der Waals surface area contributed by atoms with Gasteiger partial charge in [0.05, 0.1) is 41.0 Å². The third kappa shape index (κ3) is 7.11. The molecular formula is C28H30F3N3O5S. The number of halogens is 3. The summed E-state index contributed by atoms with van der Waals surface area (Å²) in [5.74, 6) is 0.646. The molecule has 0 bridgehead atoms. The second-order valence-electron chi connectivity index (χ2n) is 9.39. The Labute approximate surface area is 231 Å². The third-order valence-electron chi connectivity index (χ3n) is 6.64. The van der Waals surface area contributed by atoms with E-state index < -0.39 is 21.6 Å². The number of alkyl halides is 3. The molecule has 4 rings (SSSR count). The van der Waals surface area contributed by atoms with E-state index in [1.54, 1.807) is 38.3 Å². The molecule has 2 heterocycles. The molecule has 8 nitrogen and oxygen atoms in total. The summed E-state index contributed by atoms with van der Waals surface area (Å²) in [6.07, 6.45) is -2.65. The SMILES string of the molecule is CCS(=O)(=O)c1ccc(CNC(=O)c2ccc(N3CC(Oc4ccc(C(F)(F)F)cc4)C[C@H]3COC)nc2)cc1. The Balaban J connectivity index is 1.36. The zero-order valence-electron chi connectivity index (χ0n) is 22.0. The summed E-state index contributed by atoms with van der Waals surface area (Å²) < 4.78 is 73.8. The van der Waals surface area contributed by atoms with Gasteiger partial charge in [-0.05, 0) is 54.1 Å². The molecule has 1 aliphatic rings. The van der Waals surface area contributed by atoms with Crippen LogP contribution in [0.25, 0.3) is 0 Å². The van der Waals surface area contributed by atoms with Crippen LogP contribution in [0.4, 0.5) is 19.0 Å². The Morgan fingerprint density at radius 2 is 1.77 bits per heavy atom. The Kier molecular flexibility index (Phi) is 8.99. The number of methoxy groups -OCH3 is 1. The number of nitrogens with zero attached hydrogens (tertiary/aromatic N) is 2. The van der Waals surface area contributed by atoms with Crippen molar-refractivity contribution in [3.05, 3.63) is 83.6 Å². The quantitative estimate of drug-likeness (QED) is 0.379. The lowest BCUT2D eigenvalue weighted by molar-refractivity contribution is -0.137. The number of hydrogen-bond donors (Lipinski definition) is 1. The van der Waals surface area contributed by atoms with Crippen molar-refractivity contribution in [3.63, 3.8) is 0 Å². The molecule has 1 N–H and O–H groups in total. The van der Waals surface area contributed by atoms with Crippen LogP contribution in [-0.4, -0.2) is 57.5 Å². The number of aromatic nitrogens is 1. The molecule has 3 aromatic rings. The van der Waals surface area contributed by atoms with Crippen LogP contribution in [0.15, 0.2) is 71.8 Å². The summed E-state index contributed by atoms with van der Waals surface area (Å²) >= 11 is 0. The van der Waals surface area contributed by atoms with Gasteiger partial charge >= 0.3 is 6.18 Å². The molecule has 40 heavy (non-hydrogen) atoms. The molecule has 1 fully saturated rings. The maximum Gasteiger partial charge on any atom is 0.416 e. The van der Waals surface area contributed by atoms with Gasteiger partial charge in [0, 0.05) is 26.3 Å². The van der Waals surface area contributed by atoms with E-state index in [9.17, 15) is 26.4 Å². The van der Waals surface area contributed by atoms with Crippen LogP contribution in [0.5, 0.6) is 5.75 Å². The van der Waals surface area contributed by atoms with Gasteiger partial charge in [0.1, 0.15) is 17.7 Å². The molecule has 0 saturated carbocycles. The minimum absolute atomic E-state index is 0.0164. The number of benzene rings is 2. The van der Waals surface area contributed by atoms with Gasteiger partial charge in [-0.15, -0.1) is 0 Å². The number of sulfone groups is 1. The summed E-state index contributed by atoms with van der Waals surface area (Å²) in [6, 6.07) is 14.3. The molecule has 1 unspecified atom stereocenters. The smallest absolute Gasteiger partial charge is 0.416 e. The predicted molar refractivity (Wildman–Crippen MR) is 143 cm³/mol. The van der Waals surface area contributed by atoms with Crippen molar-refractivity contribution in [1.29, 1.82) is 0 Å². The van der Waals surface area contributed by atoms with E-state index in [4.69, 9.17) is 9.47 Å². The van der Waals surface area contributed by atoms with Crippen LogP contribution in [0.3, 0.4) is 0 Å². The van der Waals surface area contributed by atoms with Crippen LogP contribution in [0.2, 0.25) is 0 Å². The van der Waals surface area contributed by atoms with Crippen molar-refractivity contribution in [2.75, 3.05) is 30.9 Å². The van der Waals surface area contributed by atoms with Gasteiger partial charge < -0.3 is 19.7 Å². The van der Waals surface area contributed by atoms with E-state index in [0.717, 1.165) is 17.7 Å². The Bertz CT molecular complexity index is 1400. The minimum atomic E-state index is -4.41. The standard InChI is InChI=1S/C28H30F3N3O5S/c1-3-40(36,37)25-11-4-19(5-12-25)15-33-27(35)20-6-13-26(32-16-20)34-17-24(14-22(34)18-38-2)39-23-9-7-21(8-10-23)28(29,30)31/h4-13,16,22,24H,3,14-15,17-18H2,1-2H3,(H,33,35)/t22-,24?/m0/s1. The number of hydrogen-bond acceptors (Lipinski definition) is 7. The highest BCUT2D eigenvalue weighted by Gasteiger charge is 2.35. The maximum atomic E-state index is 12.8. The van der Waals surface area contributed by atoms with Gasteiger partial charge in [-0.3, -0.25) is 4.79 Å². The molecular weight excluding hydrogens is 547 g/mol. The fraction of sp³-hybridized carbons (Fsp3) is 0.357. The number of carbonyl (C=O) groups is 1. The average molecular weight is 578 g/mol. The van der Waals surface area contributed by atoms with Gasteiger partial charge in [-0.25, -0.2) is 13.4 Å². The van der Waals surface area contributed by atoms with Crippen LogP contribution in [-0.2, 0) is 27.3 Å².